The Morgan fingerprint density at radius 2 is 1.88 bits per heavy atom. The van der Waals surface area contributed by atoms with E-state index in [2.05, 4.69) is 20.6 Å². The summed E-state index contributed by atoms with van der Waals surface area (Å²) < 4.78 is 0. The lowest BCUT2D eigenvalue weighted by Crippen LogP contribution is -2.32. The van der Waals surface area contributed by atoms with Gasteiger partial charge in [-0.2, -0.15) is 0 Å². The Kier molecular flexibility index (Phi) is 4.79. The Labute approximate surface area is 146 Å². The molecule has 25 heavy (non-hydrogen) atoms. The smallest absolute Gasteiger partial charge is 0.246 e. The largest absolute Gasteiger partial charge is 0.378 e. The molecule has 3 rings (SSSR count). The van der Waals surface area contributed by atoms with Gasteiger partial charge in [-0.25, -0.2) is 9.97 Å². The van der Waals surface area contributed by atoms with Crippen LogP contribution in [0, 0.1) is 0 Å². The van der Waals surface area contributed by atoms with Crippen LogP contribution in [-0.2, 0) is 4.79 Å². The first kappa shape index (κ1) is 16.7. The molecule has 0 spiro atoms. The lowest BCUT2D eigenvalue weighted by atomic mass is 10.2. The van der Waals surface area contributed by atoms with Crippen LogP contribution in [0.5, 0.6) is 0 Å². The van der Waals surface area contributed by atoms with Gasteiger partial charge in [0.1, 0.15) is 18.2 Å². The number of carbonyl (C=O) groups is 1. The molecule has 0 aliphatic carbocycles. The van der Waals surface area contributed by atoms with Crippen LogP contribution in [0.25, 0.3) is 10.9 Å². The number of fused-ring (bicyclic) bond motifs is 1. The Hall–Kier alpha value is -3.15. The Bertz CT molecular complexity index is 888. The van der Waals surface area contributed by atoms with Crippen LogP contribution in [0.2, 0.25) is 0 Å². The van der Waals surface area contributed by atoms with Crippen molar-refractivity contribution in [3.05, 3.63) is 54.9 Å². The van der Waals surface area contributed by atoms with Crippen LogP contribution < -0.4 is 15.5 Å². The summed E-state index contributed by atoms with van der Waals surface area (Å²) in [7, 11) is 3.93. The van der Waals surface area contributed by atoms with E-state index in [1.807, 2.05) is 74.4 Å². The maximum atomic E-state index is 12.5. The normalized spacial score (nSPS) is 11.8. The predicted molar refractivity (Wildman–Crippen MR) is 102 cm³/mol. The number of benzene rings is 2. The number of rotatable bonds is 5. The van der Waals surface area contributed by atoms with Gasteiger partial charge in [-0.15, -0.1) is 0 Å². The first-order valence-corrected chi connectivity index (χ1v) is 8.09. The van der Waals surface area contributed by atoms with E-state index >= 15 is 0 Å². The molecule has 0 aliphatic rings. The van der Waals surface area contributed by atoms with E-state index < -0.39 is 6.04 Å². The minimum Gasteiger partial charge on any atom is -0.378 e. The van der Waals surface area contributed by atoms with Crippen LogP contribution in [0.4, 0.5) is 17.2 Å². The van der Waals surface area contributed by atoms with E-state index in [1.54, 1.807) is 0 Å². The molecule has 0 saturated carbocycles. The van der Waals surface area contributed by atoms with Gasteiger partial charge in [-0.1, -0.05) is 18.2 Å². The van der Waals surface area contributed by atoms with Crippen molar-refractivity contribution >= 4 is 34.0 Å². The second kappa shape index (κ2) is 7.17. The number of carbonyl (C=O) groups excluding carboxylic acids is 1. The van der Waals surface area contributed by atoms with Crippen LogP contribution in [0.1, 0.15) is 6.92 Å². The summed E-state index contributed by atoms with van der Waals surface area (Å²) in [6.45, 7) is 1.81. The molecule has 0 saturated heterocycles. The number of para-hydroxylation sites is 1. The average molecular weight is 335 g/mol. The lowest BCUT2D eigenvalue weighted by Gasteiger charge is -2.17. The van der Waals surface area contributed by atoms with Crippen molar-refractivity contribution in [2.45, 2.75) is 13.0 Å². The second-order valence-corrected chi connectivity index (χ2v) is 6.04. The highest BCUT2D eigenvalue weighted by molar-refractivity contribution is 5.98. The average Bonchev–Trinajstić information content (AvgIpc) is 2.62. The summed E-state index contributed by atoms with van der Waals surface area (Å²) in [6.07, 6.45) is 1.50. The van der Waals surface area contributed by atoms with Crippen LogP contribution in [-0.4, -0.2) is 36.0 Å². The van der Waals surface area contributed by atoms with E-state index in [4.69, 9.17) is 0 Å². The molecule has 6 nitrogen and oxygen atoms in total. The number of amides is 1. The second-order valence-electron chi connectivity index (χ2n) is 6.04. The van der Waals surface area contributed by atoms with Gasteiger partial charge in [0, 0.05) is 30.9 Å². The molecule has 0 radical (unpaired) electrons. The van der Waals surface area contributed by atoms with Gasteiger partial charge in [0.2, 0.25) is 5.91 Å². The van der Waals surface area contributed by atoms with E-state index in [0.29, 0.717) is 5.82 Å². The summed E-state index contributed by atoms with van der Waals surface area (Å²) in [5.41, 5.74) is 2.63. The summed E-state index contributed by atoms with van der Waals surface area (Å²) in [5.74, 6) is 0.522. The van der Waals surface area contributed by atoms with Gasteiger partial charge in [0.25, 0.3) is 0 Å². The van der Waals surface area contributed by atoms with E-state index in [0.717, 1.165) is 22.3 Å². The third kappa shape index (κ3) is 3.85. The highest BCUT2D eigenvalue weighted by Gasteiger charge is 2.15. The van der Waals surface area contributed by atoms with Crippen molar-refractivity contribution in [3.8, 4) is 0 Å². The van der Waals surface area contributed by atoms with Gasteiger partial charge in [-0.3, -0.25) is 4.79 Å². The van der Waals surface area contributed by atoms with Gasteiger partial charge in [0.05, 0.1) is 5.52 Å². The number of nitrogens with zero attached hydrogens (tertiary/aromatic N) is 3. The fourth-order valence-corrected chi connectivity index (χ4v) is 2.50. The van der Waals surface area contributed by atoms with Crippen LogP contribution in [0.3, 0.4) is 0 Å². The Balaban J connectivity index is 1.73. The van der Waals surface area contributed by atoms with Crippen molar-refractivity contribution in [1.29, 1.82) is 0 Å². The van der Waals surface area contributed by atoms with Gasteiger partial charge >= 0.3 is 0 Å². The first-order valence-electron chi connectivity index (χ1n) is 8.09. The maximum absolute atomic E-state index is 12.5. The lowest BCUT2D eigenvalue weighted by molar-refractivity contribution is -0.116. The maximum Gasteiger partial charge on any atom is 0.246 e. The molecule has 6 heteroatoms. The Morgan fingerprint density at radius 1 is 1.08 bits per heavy atom. The number of hydrogen-bond donors (Lipinski definition) is 2. The number of anilines is 3. The van der Waals surface area contributed by atoms with Crippen LogP contribution >= 0.6 is 0 Å². The van der Waals surface area contributed by atoms with E-state index in [9.17, 15) is 4.79 Å². The molecule has 128 valence electrons. The number of hydrogen-bond acceptors (Lipinski definition) is 5. The Morgan fingerprint density at radius 3 is 2.68 bits per heavy atom. The molecule has 2 N–H and O–H groups in total. The fourth-order valence-electron chi connectivity index (χ4n) is 2.50. The van der Waals surface area contributed by atoms with Crippen molar-refractivity contribution < 1.29 is 4.79 Å². The summed E-state index contributed by atoms with van der Waals surface area (Å²) in [5, 5.41) is 6.99. The summed E-state index contributed by atoms with van der Waals surface area (Å²) in [4.78, 5) is 23.0. The third-order valence-corrected chi connectivity index (χ3v) is 3.92. The molecule has 1 unspecified atom stereocenters. The molecule has 1 heterocycles. The minimum absolute atomic E-state index is 0.126. The topological polar surface area (TPSA) is 70.1 Å². The van der Waals surface area contributed by atoms with Crippen molar-refractivity contribution in [1.82, 2.24) is 9.97 Å². The standard InChI is InChI=1S/C19H21N5O/c1-13(19(25)23-14-7-6-8-15(11-14)24(2)3)22-18-16-9-4-5-10-17(16)20-12-21-18/h4-13H,1-3H3,(H,23,25)(H,20,21,22). The molecular formula is C19H21N5O. The molecule has 1 atom stereocenters. The highest BCUT2D eigenvalue weighted by Crippen LogP contribution is 2.20. The highest BCUT2D eigenvalue weighted by atomic mass is 16.2. The monoisotopic (exact) mass is 335 g/mol. The van der Waals surface area contributed by atoms with Crippen molar-refractivity contribution in [2.75, 3.05) is 29.6 Å². The zero-order chi connectivity index (χ0) is 17.8. The van der Waals surface area contributed by atoms with Crippen molar-refractivity contribution in [2.24, 2.45) is 0 Å². The molecule has 3 aromatic rings. The fraction of sp³-hybridized carbons (Fsp3) is 0.211. The van der Waals surface area contributed by atoms with Gasteiger partial charge in [-0.05, 0) is 37.3 Å². The molecule has 0 bridgehead atoms. The number of aromatic nitrogens is 2. The molecular weight excluding hydrogens is 314 g/mol. The minimum atomic E-state index is -0.443. The summed E-state index contributed by atoms with van der Waals surface area (Å²) >= 11 is 0. The van der Waals surface area contributed by atoms with Gasteiger partial charge < -0.3 is 15.5 Å². The molecule has 1 aromatic heterocycles. The SMILES string of the molecule is CC(Nc1ncnc2ccccc12)C(=O)Nc1cccc(N(C)C)c1. The zero-order valence-electron chi connectivity index (χ0n) is 14.5. The number of nitrogens with one attached hydrogen (secondary N) is 2. The van der Waals surface area contributed by atoms with Crippen LogP contribution in [0.15, 0.2) is 54.9 Å². The van der Waals surface area contributed by atoms with E-state index in [1.165, 1.54) is 6.33 Å². The molecule has 0 fully saturated rings. The van der Waals surface area contributed by atoms with Gasteiger partial charge in [0.15, 0.2) is 0 Å². The van der Waals surface area contributed by atoms with E-state index in [-0.39, 0.29) is 5.91 Å². The van der Waals surface area contributed by atoms with Crippen molar-refractivity contribution in [3.63, 3.8) is 0 Å². The molecule has 0 aliphatic heterocycles. The first-order chi connectivity index (χ1) is 12.0. The predicted octanol–water partition coefficient (Wildman–Crippen LogP) is 3.13. The molecule has 2 aromatic carbocycles. The third-order valence-electron chi connectivity index (χ3n) is 3.92. The zero-order valence-corrected chi connectivity index (χ0v) is 14.5. The molecule has 1 amide bonds. The quantitative estimate of drug-likeness (QED) is 0.749. The summed E-state index contributed by atoms with van der Waals surface area (Å²) in [6, 6.07) is 15.0.